The van der Waals surface area contributed by atoms with Crippen LogP contribution in [-0.2, 0) is 25.5 Å². The number of nitrogens with one attached hydrogen (secondary N) is 1. The van der Waals surface area contributed by atoms with E-state index in [1.54, 1.807) is 24.3 Å². The van der Waals surface area contributed by atoms with Crippen molar-refractivity contribution in [1.29, 1.82) is 0 Å². The van der Waals surface area contributed by atoms with E-state index in [0.29, 0.717) is 31.1 Å². The van der Waals surface area contributed by atoms with E-state index in [-0.39, 0.29) is 24.9 Å². The number of carbonyl (C=O) groups is 2. The van der Waals surface area contributed by atoms with Crippen LogP contribution in [0.4, 0.5) is 5.69 Å². The molecule has 2 rings (SSSR count). The van der Waals surface area contributed by atoms with E-state index in [2.05, 4.69) is 5.32 Å². The maximum absolute atomic E-state index is 11.9. The zero-order valence-electron chi connectivity index (χ0n) is 12.4. The largest absolute Gasteiger partial charge is 0.481 e. The van der Waals surface area contributed by atoms with E-state index >= 15 is 0 Å². The van der Waals surface area contributed by atoms with Crippen LogP contribution < -0.4 is 5.32 Å². The van der Waals surface area contributed by atoms with Gasteiger partial charge in [0, 0.05) is 18.9 Å². The SMILES string of the molecule is O=C(O)Cc1ccccc1NC(=O)CCOC1CCOCC1. The van der Waals surface area contributed by atoms with Crippen LogP contribution in [0.5, 0.6) is 0 Å². The molecule has 120 valence electrons. The average Bonchev–Trinajstić information content (AvgIpc) is 2.50. The minimum Gasteiger partial charge on any atom is -0.481 e. The van der Waals surface area contributed by atoms with Crippen LogP contribution in [0.2, 0.25) is 0 Å². The van der Waals surface area contributed by atoms with Crippen molar-refractivity contribution in [1.82, 2.24) is 0 Å². The van der Waals surface area contributed by atoms with Crippen molar-refractivity contribution in [2.75, 3.05) is 25.1 Å². The molecule has 1 aromatic rings. The number of para-hydroxylation sites is 1. The Morgan fingerprint density at radius 3 is 2.73 bits per heavy atom. The summed E-state index contributed by atoms with van der Waals surface area (Å²) in [6.07, 6.45) is 2.03. The lowest BCUT2D eigenvalue weighted by atomic mass is 10.1. The third kappa shape index (κ3) is 5.46. The summed E-state index contributed by atoms with van der Waals surface area (Å²) in [5.74, 6) is -1.10. The van der Waals surface area contributed by atoms with E-state index in [1.165, 1.54) is 0 Å². The van der Waals surface area contributed by atoms with Crippen LogP contribution in [-0.4, -0.2) is 42.9 Å². The van der Waals surface area contributed by atoms with E-state index in [4.69, 9.17) is 14.6 Å². The van der Waals surface area contributed by atoms with Crippen LogP contribution >= 0.6 is 0 Å². The van der Waals surface area contributed by atoms with Crippen LogP contribution in [0, 0.1) is 0 Å². The lowest BCUT2D eigenvalue weighted by Gasteiger charge is -2.22. The first kappa shape index (κ1) is 16.5. The van der Waals surface area contributed by atoms with Crippen molar-refractivity contribution in [2.24, 2.45) is 0 Å². The number of ether oxygens (including phenoxy) is 2. The molecule has 1 heterocycles. The molecular formula is C16H21NO5. The Labute approximate surface area is 129 Å². The van der Waals surface area contributed by atoms with Crippen LogP contribution in [0.1, 0.15) is 24.8 Å². The number of aliphatic carboxylic acids is 1. The molecule has 0 saturated carbocycles. The van der Waals surface area contributed by atoms with Crippen molar-refractivity contribution < 1.29 is 24.2 Å². The third-order valence-corrected chi connectivity index (χ3v) is 3.48. The molecular weight excluding hydrogens is 286 g/mol. The first-order valence-electron chi connectivity index (χ1n) is 7.44. The van der Waals surface area contributed by atoms with Crippen molar-refractivity contribution in [3.05, 3.63) is 29.8 Å². The molecule has 1 aliphatic rings. The number of amides is 1. The van der Waals surface area contributed by atoms with Crippen molar-refractivity contribution in [3.8, 4) is 0 Å². The predicted octanol–water partition coefficient (Wildman–Crippen LogP) is 1.84. The molecule has 0 aromatic heterocycles. The molecule has 2 N–H and O–H groups in total. The number of hydrogen-bond acceptors (Lipinski definition) is 4. The number of benzene rings is 1. The number of carboxylic acids is 1. The van der Waals surface area contributed by atoms with Crippen molar-refractivity contribution in [3.63, 3.8) is 0 Å². The Kier molecular flexibility index (Phi) is 6.36. The highest BCUT2D eigenvalue weighted by atomic mass is 16.5. The fourth-order valence-electron chi connectivity index (χ4n) is 2.33. The fourth-order valence-corrected chi connectivity index (χ4v) is 2.33. The van der Waals surface area contributed by atoms with Gasteiger partial charge in [-0.2, -0.15) is 0 Å². The van der Waals surface area contributed by atoms with Gasteiger partial charge in [0.15, 0.2) is 0 Å². The second-order valence-corrected chi connectivity index (χ2v) is 5.21. The highest BCUT2D eigenvalue weighted by Gasteiger charge is 2.15. The van der Waals surface area contributed by atoms with Gasteiger partial charge in [-0.1, -0.05) is 18.2 Å². The Balaban J connectivity index is 1.77. The molecule has 0 bridgehead atoms. The Bertz CT molecular complexity index is 511. The van der Waals surface area contributed by atoms with Crippen LogP contribution in [0.3, 0.4) is 0 Å². The Morgan fingerprint density at radius 1 is 1.27 bits per heavy atom. The highest BCUT2D eigenvalue weighted by molar-refractivity contribution is 5.92. The van der Waals surface area contributed by atoms with Gasteiger partial charge in [0.05, 0.1) is 25.6 Å². The molecule has 6 nitrogen and oxygen atoms in total. The van der Waals surface area contributed by atoms with Gasteiger partial charge in [-0.05, 0) is 24.5 Å². The summed E-state index contributed by atoms with van der Waals surface area (Å²) in [7, 11) is 0. The summed E-state index contributed by atoms with van der Waals surface area (Å²) in [5.41, 5.74) is 1.13. The summed E-state index contributed by atoms with van der Waals surface area (Å²) in [6.45, 7) is 1.77. The van der Waals surface area contributed by atoms with E-state index in [9.17, 15) is 9.59 Å². The molecule has 22 heavy (non-hydrogen) atoms. The van der Waals surface area contributed by atoms with Crippen LogP contribution in [0.15, 0.2) is 24.3 Å². The quantitative estimate of drug-likeness (QED) is 0.803. The first-order valence-corrected chi connectivity index (χ1v) is 7.44. The summed E-state index contributed by atoms with van der Waals surface area (Å²) in [6, 6.07) is 6.92. The number of anilines is 1. The molecule has 0 radical (unpaired) electrons. The molecule has 6 heteroatoms. The summed E-state index contributed by atoms with van der Waals surface area (Å²) < 4.78 is 10.9. The Morgan fingerprint density at radius 2 is 2.00 bits per heavy atom. The molecule has 0 aliphatic carbocycles. The summed E-state index contributed by atoms with van der Waals surface area (Å²) in [5, 5.41) is 11.6. The summed E-state index contributed by atoms with van der Waals surface area (Å²) >= 11 is 0. The molecule has 0 unspecified atom stereocenters. The molecule has 0 atom stereocenters. The molecule has 1 saturated heterocycles. The smallest absolute Gasteiger partial charge is 0.307 e. The van der Waals surface area contributed by atoms with Crippen LogP contribution in [0.25, 0.3) is 0 Å². The van der Waals surface area contributed by atoms with Gasteiger partial charge in [-0.3, -0.25) is 9.59 Å². The van der Waals surface area contributed by atoms with E-state index in [1.807, 2.05) is 0 Å². The monoisotopic (exact) mass is 307 g/mol. The minimum atomic E-state index is -0.926. The third-order valence-electron chi connectivity index (χ3n) is 3.48. The molecule has 1 fully saturated rings. The number of carboxylic acid groups (broad SMARTS) is 1. The van der Waals surface area contributed by atoms with Gasteiger partial charge in [0.1, 0.15) is 0 Å². The summed E-state index contributed by atoms with van der Waals surface area (Å²) in [4.78, 5) is 22.7. The maximum Gasteiger partial charge on any atom is 0.307 e. The van der Waals surface area contributed by atoms with Gasteiger partial charge >= 0.3 is 5.97 Å². The van der Waals surface area contributed by atoms with Gasteiger partial charge < -0.3 is 19.9 Å². The standard InChI is InChI=1S/C16H21NO5/c18-15(7-10-22-13-5-8-21-9-6-13)17-14-4-2-1-3-12(14)11-16(19)20/h1-4,13H,5-11H2,(H,17,18)(H,19,20). The van der Waals surface area contributed by atoms with E-state index in [0.717, 1.165) is 12.8 Å². The predicted molar refractivity (Wildman–Crippen MR) is 80.8 cm³/mol. The second-order valence-electron chi connectivity index (χ2n) is 5.21. The Hall–Kier alpha value is -1.92. The average molecular weight is 307 g/mol. The number of carbonyl (C=O) groups excluding carboxylic acids is 1. The first-order chi connectivity index (χ1) is 10.6. The van der Waals surface area contributed by atoms with Crippen molar-refractivity contribution in [2.45, 2.75) is 31.8 Å². The molecule has 0 spiro atoms. The normalized spacial score (nSPS) is 15.5. The molecule has 1 aliphatic heterocycles. The van der Waals surface area contributed by atoms with Gasteiger partial charge in [0.2, 0.25) is 5.91 Å². The molecule has 1 amide bonds. The van der Waals surface area contributed by atoms with Gasteiger partial charge in [0.25, 0.3) is 0 Å². The minimum absolute atomic E-state index is 0.116. The van der Waals surface area contributed by atoms with Gasteiger partial charge in [-0.25, -0.2) is 0 Å². The van der Waals surface area contributed by atoms with E-state index < -0.39 is 5.97 Å². The zero-order chi connectivity index (χ0) is 15.8. The lowest BCUT2D eigenvalue weighted by molar-refractivity contribution is -0.136. The molecule has 1 aromatic carbocycles. The number of rotatable bonds is 7. The lowest BCUT2D eigenvalue weighted by Crippen LogP contribution is -2.25. The fraction of sp³-hybridized carbons (Fsp3) is 0.500. The highest BCUT2D eigenvalue weighted by Crippen LogP contribution is 2.16. The number of hydrogen-bond donors (Lipinski definition) is 2. The maximum atomic E-state index is 11.9. The zero-order valence-corrected chi connectivity index (χ0v) is 12.4. The second kappa shape index (κ2) is 8.51. The topological polar surface area (TPSA) is 84.9 Å². The van der Waals surface area contributed by atoms with Crippen molar-refractivity contribution >= 4 is 17.6 Å². The van der Waals surface area contributed by atoms with Gasteiger partial charge in [-0.15, -0.1) is 0 Å².